The lowest BCUT2D eigenvalue weighted by atomic mass is 9.70. The van der Waals surface area contributed by atoms with Crippen LogP contribution in [0.5, 0.6) is 0 Å². The average Bonchev–Trinajstić information content (AvgIpc) is 2.74. The molecule has 0 aromatic rings. The molecule has 4 nitrogen and oxygen atoms in total. The van der Waals surface area contributed by atoms with Crippen LogP contribution in [-0.4, -0.2) is 67.1 Å². The molecule has 3 rings (SSSR count). The molecule has 3 fully saturated rings. The lowest BCUT2D eigenvalue weighted by Crippen LogP contribution is -2.48. The molecule has 2 saturated carbocycles. The highest BCUT2D eigenvalue weighted by atomic mass is 16.6. The van der Waals surface area contributed by atoms with Gasteiger partial charge in [-0.05, 0) is 43.1 Å². The molecular weight excluding hydrogens is 264 g/mol. The average molecular weight is 296 g/mol. The first-order valence-corrected chi connectivity index (χ1v) is 8.57. The highest BCUT2D eigenvalue weighted by molar-refractivity contribution is 5.11. The van der Waals surface area contributed by atoms with Gasteiger partial charge in [-0.15, -0.1) is 0 Å². The second-order valence-electron chi connectivity index (χ2n) is 8.29. The zero-order valence-corrected chi connectivity index (χ0v) is 14.1. The number of β-amino-alcohol motifs (C(OH)–C–C–N with tert-alkyl or cyclic N) is 1. The largest absolute Gasteiger partial charge is 0.367 e. The molecule has 21 heavy (non-hydrogen) atoms. The zero-order valence-electron chi connectivity index (χ0n) is 14.1. The summed E-state index contributed by atoms with van der Waals surface area (Å²) in [6.45, 7) is 12.0. The van der Waals surface area contributed by atoms with Crippen molar-refractivity contribution in [2.24, 2.45) is 16.7 Å². The van der Waals surface area contributed by atoms with Gasteiger partial charge in [0, 0.05) is 32.7 Å². The van der Waals surface area contributed by atoms with Gasteiger partial charge in [-0.2, -0.15) is 0 Å². The fraction of sp³-hybridized carbons (Fsp3) is 1.00. The van der Waals surface area contributed by atoms with E-state index in [-0.39, 0.29) is 11.5 Å². The van der Waals surface area contributed by atoms with Crippen LogP contribution in [-0.2, 0) is 4.74 Å². The molecule has 3 aliphatic rings. The lowest BCUT2D eigenvalue weighted by molar-refractivity contribution is -0.180. The molecule has 1 N–H and O–H groups in total. The van der Waals surface area contributed by atoms with Crippen LogP contribution in [0.25, 0.3) is 0 Å². The molecule has 1 heterocycles. The maximum Gasteiger partial charge on any atom is 0.167 e. The third kappa shape index (κ3) is 2.65. The Morgan fingerprint density at radius 2 is 1.86 bits per heavy atom. The van der Waals surface area contributed by atoms with Crippen LogP contribution in [0.1, 0.15) is 40.0 Å². The van der Waals surface area contributed by atoms with Crippen LogP contribution in [0.3, 0.4) is 0 Å². The number of piperazine rings is 1. The molecule has 0 radical (unpaired) electrons. The summed E-state index contributed by atoms with van der Waals surface area (Å²) in [7, 11) is 2.16. The van der Waals surface area contributed by atoms with Crippen LogP contribution in [0.2, 0.25) is 0 Å². The maximum atomic E-state index is 10.4. The summed E-state index contributed by atoms with van der Waals surface area (Å²) >= 11 is 0. The summed E-state index contributed by atoms with van der Waals surface area (Å²) in [5, 5.41) is 10.4. The monoisotopic (exact) mass is 296 g/mol. The van der Waals surface area contributed by atoms with Crippen molar-refractivity contribution in [3.8, 4) is 0 Å². The number of fused-ring (bicyclic) bond motifs is 2. The predicted molar refractivity (Wildman–Crippen MR) is 84.0 cm³/mol. The second kappa shape index (κ2) is 5.48. The molecule has 0 unspecified atom stereocenters. The van der Waals surface area contributed by atoms with Crippen molar-refractivity contribution in [1.82, 2.24) is 9.80 Å². The van der Waals surface area contributed by atoms with E-state index in [1.165, 1.54) is 12.8 Å². The molecule has 0 amide bonds. The number of aliphatic hydroxyl groups is 1. The minimum absolute atomic E-state index is 0.230. The third-order valence-corrected chi connectivity index (χ3v) is 7.05. The molecule has 0 aromatic heterocycles. The van der Waals surface area contributed by atoms with E-state index in [1.54, 1.807) is 0 Å². The molecule has 0 spiro atoms. The Morgan fingerprint density at radius 3 is 2.38 bits per heavy atom. The van der Waals surface area contributed by atoms with Crippen molar-refractivity contribution in [1.29, 1.82) is 0 Å². The molecule has 2 bridgehead atoms. The zero-order chi connectivity index (χ0) is 15.3. The summed E-state index contributed by atoms with van der Waals surface area (Å²) < 4.78 is 6.11. The van der Waals surface area contributed by atoms with Gasteiger partial charge in [-0.1, -0.05) is 20.8 Å². The van der Waals surface area contributed by atoms with E-state index in [1.807, 2.05) is 0 Å². The smallest absolute Gasteiger partial charge is 0.167 e. The normalized spacial score (nSPS) is 41.6. The van der Waals surface area contributed by atoms with Crippen molar-refractivity contribution < 1.29 is 9.84 Å². The van der Waals surface area contributed by atoms with E-state index in [0.29, 0.717) is 12.0 Å². The maximum absolute atomic E-state index is 10.4. The second-order valence-corrected chi connectivity index (χ2v) is 8.29. The Morgan fingerprint density at radius 1 is 1.19 bits per heavy atom. The van der Waals surface area contributed by atoms with Gasteiger partial charge in [0.15, 0.2) is 6.29 Å². The highest BCUT2D eigenvalue weighted by Gasteiger charge is 2.62. The van der Waals surface area contributed by atoms with Crippen molar-refractivity contribution in [3.05, 3.63) is 0 Å². The van der Waals surface area contributed by atoms with Crippen LogP contribution >= 0.6 is 0 Å². The van der Waals surface area contributed by atoms with Gasteiger partial charge in [0.1, 0.15) is 0 Å². The van der Waals surface area contributed by atoms with Crippen LogP contribution < -0.4 is 0 Å². The molecule has 4 heteroatoms. The molecule has 1 saturated heterocycles. The minimum Gasteiger partial charge on any atom is -0.367 e. The minimum atomic E-state index is -0.634. The molecular formula is C17H32N2O2. The first kappa shape index (κ1) is 15.7. The number of nitrogens with zero attached hydrogens (tertiary/aromatic N) is 2. The summed E-state index contributed by atoms with van der Waals surface area (Å²) in [5.74, 6) is 0.767. The number of hydrogen-bond acceptors (Lipinski definition) is 4. The first-order valence-electron chi connectivity index (χ1n) is 8.57. The van der Waals surface area contributed by atoms with E-state index >= 15 is 0 Å². The summed E-state index contributed by atoms with van der Waals surface area (Å²) in [4.78, 5) is 4.66. The number of hydrogen-bond donors (Lipinski definition) is 1. The molecule has 0 aromatic carbocycles. The van der Waals surface area contributed by atoms with Gasteiger partial charge in [0.05, 0.1) is 6.10 Å². The van der Waals surface area contributed by atoms with E-state index in [4.69, 9.17) is 4.74 Å². The fourth-order valence-electron chi connectivity index (χ4n) is 4.82. The highest BCUT2D eigenvalue weighted by Crippen LogP contribution is 2.66. The topological polar surface area (TPSA) is 35.9 Å². The molecule has 122 valence electrons. The number of ether oxygens (including phenoxy) is 1. The van der Waals surface area contributed by atoms with Crippen LogP contribution in [0.15, 0.2) is 0 Å². The Balaban J connectivity index is 1.53. The summed E-state index contributed by atoms with van der Waals surface area (Å²) in [6.07, 6.45) is 3.30. The fourth-order valence-corrected chi connectivity index (χ4v) is 4.82. The SMILES string of the molecule is CN1CCN(C[C@H](O)O[C@H]2C[C@H]3CC[C@@]2(C)C3(C)C)CC1. The van der Waals surface area contributed by atoms with Crippen LogP contribution in [0, 0.1) is 16.7 Å². The Kier molecular flexibility index (Phi) is 4.11. The summed E-state index contributed by atoms with van der Waals surface area (Å²) in [5.41, 5.74) is 0.589. The quantitative estimate of drug-likeness (QED) is 0.802. The standard InChI is InChI=1S/C17H32N2O2/c1-16(2)13-5-6-17(16,3)14(11-13)21-15(20)12-19-9-7-18(4)8-10-19/h13-15,20H,5-12H2,1-4H3/t13-,14+,15-,17-/m1/s1. The third-order valence-electron chi connectivity index (χ3n) is 7.05. The van der Waals surface area contributed by atoms with E-state index < -0.39 is 6.29 Å². The lowest BCUT2D eigenvalue weighted by Gasteiger charge is -2.40. The first-order chi connectivity index (χ1) is 9.83. The van der Waals surface area contributed by atoms with Crippen molar-refractivity contribution in [2.45, 2.75) is 52.4 Å². The Bertz CT molecular complexity index is 379. The van der Waals surface area contributed by atoms with Gasteiger partial charge >= 0.3 is 0 Å². The van der Waals surface area contributed by atoms with Crippen molar-refractivity contribution in [2.75, 3.05) is 39.8 Å². The van der Waals surface area contributed by atoms with Gasteiger partial charge in [0.2, 0.25) is 0 Å². The molecule has 1 aliphatic heterocycles. The van der Waals surface area contributed by atoms with Crippen LogP contribution in [0.4, 0.5) is 0 Å². The van der Waals surface area contributed by atoms with Crippen molar-refractivity contribution in [3.63, 3.8) is 0 Å². The molecule has 4 atom stereocenters. The van der Waals surface area contributed by atoms with Gasteiger partial charge < -0.3 is 14.7 Å². The molecule has 2 aliphatic carbocycles. The predicted octanol–water partition coefficient (Wildman–Crippen LogP) is 1.78. The van der Waals surface area contributed by atoms with Crippen molar-refractivity contribution >= 4 is 0 Å². The number of rotatable bonds is 4. The van der Waals surface area contributed by atoms with Gasteiger partial charge in [-0.25, -0.2) is 0 Å². The summed E-state index contributed by atoms with van der Waals surface area (Å²) in [6, 6.07) is 0. The number of likely N-dealkylation sites (N-methyl/N-ethyl adjacent to an activating group) is 1. The van der Waals surface area contributed by atoms with Gasteiger partial charge in [-0.3, -0.25) is 4.90 Å². The van der Waals surface area contributed by atoms with Gasteiger partial charge in [0.25, 0.3) is 0 Å². The van der Waals surface area contributed by atoms with E-state index in [9.17, 15) is 5.11 Å². The van der Waals surface area contributed by atoms with E-state index in [0.717, 1.165) is 38.5 Å². The van der Waals surface area contributed by atoms with E-state index in [2.05, 4.69) is 37.6 Å². The Hall–Kier alpha value is -0.160. The Labute approximate surface area is 129 Å². The number of aliphatic hydroxyl groups excluding tert-OH is 1.